The molecule has 1 amide bonds. The number of nitro groups is 1. The van der Waals surface area contributed by atoms with Gasteiger partial charge < -0.3 is 15.4 Å². The molecule has 1 aliphatic heterocycles. The molecule has 0 bridgehead atoms. The third-order valence-electron chi connectivity index (χ3n) is 4.42. The maximum atomic E-state index is 12.4. The summed E-state index contributed by atoms with van der Waals surface area (Å²) in [6.07, 6.45) is 1.85. The van der Waals surface area contributed by atoms with Crippen molar-refractivity contribution in [1.29, 1.82) is 0 Å². The molecule has 0 spiro atoms. The molecule has 0 atom stereocenters. The number of amides is 1. The lowest BCUT2D eigenvalue weighted by Crippen LogP contribution is -2.47. The molecule has 2 N–H and O–H groups in total. The molecule has 1 heterocycles. The number of carbonyl (C=O) groups excluding carboxylic acids is 1. The molecule has 23 heavy (non-hydrogen) atoms. The highest BCUT2D eigenvalue weighted by Crippen LogP contribution is 2.28. The Morgan fingerprint density at radius 2 is 2.13 bits per heavy atom. The van der Waals surface area contributed by atoms with E-state index in [2.05, 4.69) is 10.6 Å². The molecule has 1 fully saturated rings. The Balaban J connectivity index is 2.09. The first kappa shape index (κ1) is 17.4. The van der Waals surface area contributed by atoms with Crippen LogP contribution in [-0.2, 0) is 4.74 Å². The summed E-state index contributed by atoms with van der Waals surface area (Å²) in [5, 5.41) is 17.1. The number of nitrogens with zero attached hydrogens (tertiary/aromatic N) is 1. The second-order valence-electron chi connectivity index (χ2n) is 6.12. The Morgan fingerprint density at radius 3 is 2.74 bits per heavy atom. The number of rotatable bonds is 6. The van der Waals surface area contributed by atoms with Gasteiger partial charge in [0.25, 0.3) is 11.6 Å². The Morgan fingerprint density at radius 1 is 1.43 bits per heavy atom. The quantitative estimate of drug-likeness (QED) is 0.614. The van der Waals surface area contributed by atoms with E-state index in [4.69, 9.17) is 4.74 Å². The standard InChI is InChI=1S/C16H23N3O4/c1-12-3-4-13(19(21)22)9-14(12)15(20)18-10-16(11-23-2)5-7-17-8-6-16/h3-4,9,17H,5-8,10-11H2,1-2H3,(H,18,20). The molecule has 1 aliphatic rings. The first-order chi connectivity index (χ1) is 11.0. The third kappa shape index (κ3) is 4.27. The number of nitro benzene ring substituents is 1. The van der Waals surface area contributed by atoms with Crippen molar-refractivity contribution in [2.24, 2.45) is 5.41 Å². The number of ether oxygens (including phenoxy) is 1. The van der Waals surface area contributed by atoms with Crippen molar-refractivity contribution in [3.8, 4) is 0 Å². The van der Waals surface area contributed by atoms with Crippen LogP contribution in [0.2, 0.25) is 0 Å². The minimum atomic E-state index is -0.491. The first-order valence-electron chi connectivity index (χ1n) is 7.70. The minimum Gasteiger partial charge on any atom is -0.384 e. The number of benzene rings is 1. The van der Waals surface area contributed by atoms with Crippen molar-refractivity contribution < 1.29 is 14.5 Å². The first-order valence-corrected chi connectivity index (χ1v) is 7.70. The molecule has 1 aromatic carbocycles. The molecular weight excluding hydrogens is 298 g/mol. The number of carbonyl (C=O) groups is 1. The average molecular weight is 321 g/mol. The van der Waals surface area contributed by atoms with E-state index in [1.807, 2.05) is 0 Å². The van der Waals surface area contributed by atoms with Crippen molar-refractivity contribution in [2.75, 3.05) is 33.4 Å². The van der Waals surface area contributed by atoms with Gasteiger partial charge in [-0.3, -0.25) is 14.9 Å². The van der Waals surface area contributed by atoms with E-state index in [1.165, 1.54) is 12.1 Å². The Bertz CT molecular complexity index is 577. The van der Waals surface area contributed by atoms with Crippen LogP contribution in [0.3, 0.4) is 0 Å². The van der Waals surface area contributed by atoms with Crippen LogP contribution in [0.15, 0.2) is 18.2 Å². The number of hydrogen-bond acceptors (Lipinski definition) is 5. The third-order valence-corrected chi connectivity index (χ3v) is 4.42. The summed E-state index contributed by atoms with van der Waals surface area (Å²) in [5.74, 6) is -0.278. The number of piperidine rings is 1. The van der Waals surface area contributed by atoms with Gasteiger partial charge in [-0.1, -0.05) is 6.07 Å². The molecule has 2 rings (SSSR count). The molecule has 7 heteroatoms. The summed E-state index contributed by atoms with van der Waals surface area (Å²) in [7, 11) is 1.66. The van der Waals surface area contributed by atoms with Gasteiger partial charge in [0.1, 0.15) is 0 Å². The van der Waals surface area contributed by atoms with Crippen LogP contribution >= 0.6 is 0 Å². The van der Waals surface area contributed by atoms with E-state index in [-0.39, 0.29) is 17.0 Å². The van der Waals surface area contributed by atoms with Crippen LogP contribution < -0.4 is 10.6 Å². The fraction of sp³-hybridized carbons (Fsp3) is 0.562. The summed E-state index contributed by atoms with van der Waals surface area (Å²) >= 11 is 0. The summed E-state index contributed by atoms with van der Waals surface area (Å²) in [6, 6.07) is 4.34. The number of non-ortho nitro benzene ring substituents is 1. The molecule has 1 aromatic rings. The lowest BCUT2D eigenvalue weighted by Gasteiger charge is -2.37. The van der Waals surface area contributed by atoms with Gasteiger partial charge in [-0.05, 0) is 38.4 Å². The fourth-order valence-electron chi connectivity index (χ4n) is 2.97. The van der Waals surface area contributed by atoms with E-state index in [0.29, 0.717) is 18.7 Å². The second kappa shape index (κ2) is 7.52. The van der Waals surface area contributed by atoms with Crippen LogP contribution in [0.5, 0.6) is 0 Å². The maximum Gasteiger partial charge on any atom is 0.270 e. The lowest BCUT2D eigenvalue weighted by molar-refractivity contribution is -0.384. The molecular formula is C16H23N3O4. The maximum absolute atomic E-state index is 12.4. The highest BCUT2D eigenvalue weighted by Gasteiger charge is 2.32. The normalized spacial score (nSPS) is 16.8. The monoisotopic (exact) mass is 321 g/mol. The molecule has 1 saturated heterocycles. The molecule has 0 radical (unpaired) electrons. The van der Waals surface area contributed by atoms with E-state index in [9.17, 15) is 14.9 Å². The van der Waals surface area contributed by atoms with Gasteiger partial charge in [0, 0.05) is 36.8 Å². The van der Waals surface area contributed by atoms with Crippen molar-refractivity contribution in [1.82, 2.24) is 10.6 Å². The van der Waals surface area contributed by atoms with Gasteiger partial charge in [-0.15, -0.1) is 0 Å². The molecule has 0 aromatic heterocycles. The summed E-state index contributed by atoms with van der Waals surface area (Å²) in [6.45, 7) is 4.66. The minimum absolute atomic E-state index is 0.0748. The number of methoxy groups -OCH3 is 1. The van der Waals surface area contributed by atoms with E-state index >= 15 is 0 Å². The Kier molecular flexibility index (Phi) is 5.68. The van der Waals surface area contributed by atoms with E-state index < -0.39 is 4.92 Å². The topological polar surface area (TPSA) is 93.5 Å². The Labute approximate surface area is 135 Å². The van der Waals surface area contributed by atoms with Crippen molar-refractivity contribution >= 4 is 11.6 Å². The lowest BCUT2D eigenvalue weighted by atomic mass is 9.79. The molecule has 0 unspecified atom stereocenters. The number of aryl methyl sites for hydroxylation is 1. The van der Waals surface area contributed by atoms with Gasteiger partial charge >= 0.3 is 0 Å². The van der Waals surface area contributed by atoms with Gasteiger partial charge in [-0.25, -0.2) is 0 Å². The van der Waals surface area contributed by atoms with Crippen molar-refractivity contribution in [2.45, 2.75) is 19.8 Å². The smallest absolute Gasteiger partial charge is 0.270 e. The zero-order valence-electron chi connectivity index (χ0n) is 13.6. The van der Waals surface area contributed by atoms with Gasteiger partial charge in [0.05, 0.1) is 11.5 Å². The molecule has 0 saturated carbocycles. The predicted octanol–water partition coefficient (Wildman–Crippen LogP) is 1.65. The number of nitrogens with one attached hydrogen (secondary N) is 2. The van der Waals surface area contributed by atoms with Gasteiger partial charge in [-0.2, -0.15) is 0 Å². The van der Waals surface area contributed by atoms with E-state index in [1.54, 1.807) is 20.1 Å². The molecule has 0 aliphatic carbocycles. The Hall–Kier alpha value is -1.99. The highest BCUT2D eigenvalue weighted by molar-refractivity contribution is 5.96. The molecule has 7 nitrogen and oxygen atoms in total. The largest absolute Gasteiger partial charge is 0.384 e. The van der Waals surface area contributed by atoms with Crippen molar-refractivity contribution in [3.63, 3.8) is 0 Å². The zero-order valence-corrected chi connectivity index (χ0v) is 13.6. The highest BCUT2D eigenvalue weighted by atomic mass is 16.6. The summed E-state index contributed by atoms with van der Waals surface area (Å²) in [5.41, 5.74) is 0.915. The van der Waals surface area contributed by atoms with Crippen molar-refractivity contribution in [3.05, 3.63) is 39.4 Å². The average Bonchev–Trinajstić information content (AvgIpc) is 2.54. The van der Waals surface area contributed by atoms with Gasteiger partial charge in [0.2, 0.25) is 0 Å². The fourth-order valence-corrected chi connectivity index (χ4v) is 2.97. The summed E-state index contributed by atoms with van der Waals surface area (Å²) < 4.78 is 5.33. The van der Waals surface area contributed by atoms with Gasteiger partial charge in [0.15, 0.2) is 0 Å². The SMILES string of the molecule is COCC1(CNC(=O)c2cc([N+](=O)[O-])ccc2C)CCNCC1. The van der Waals surface area contributed by atoms with Crippen LogP contribution in [-0.4, -0.2) is 44.2 Å². The predicted molar refractivity (Wildman–Crippen MR) is 86.6 cm³/mol. The summed E-state index contributed by atoms with van der Waals surface area (Å²) in [4.78, 5) is 22.8. The van der Waals surface area contributed by atoms with Crippen LogP contribution in [0.25, 0.3) is 0 Å². The second-order valence-corrected chi connectivity index (χ2v) is 6.12. The molecule has 126 valence electrons. The van der Waals surface area contributed by atoms with Crippen LogP contribution in [0.4, 0.5) is 5.69 Å². The zero-order chi connectivity index (χ0) is 16.9. The number of hydrogen-bond donors (Lipinski definition) is 2. The van der Waals surface area contributed by atoms with Crippen LogP contribution in [0, 0.1) is 22.5 Å². The van der Waals surface area contributed by atoms with Crippen LogP contribution in [0.1, 0.15) is 28.8 Å². The van der Waals surface area contributed by atoms with E-state index in [0.717, 1.165) is 31.5 Å².